The molecule has 0 heterocycles. The third-order valence-corrected chi connectivity index (χ3v) is 5.62. The number of nitro groups is 1. The molecule has 0 saturated carbocycles. The van der Waals surface area contributed by atoms with Crippen LogP contribution < -0.4 is 9.62 Å². The average molecular weight is 399 g/mol. The van der Waals surface area contributed by atoms with Crippen LogP contribution >= 0.6 is 11.6 Å². The summed E-state index contributed by atoms with van der Waals surface area (Å²) in [4.78, 5) is 11.5. The van der Waals surface area contributed by atoms with Gasteiger partial charge in [0.1, 0.15) is 6.54 Å². The van der Waals surface area contributed by atoms with Gasteiger partial charge in [-0.2, -0.15) is 0 Å². The Balaban J connectivity index is 2.18. The number of hydrogen-bond donors (Lipinski definition) is 2. The Morgan fingerprint density at radius 3 is 2.27 bits per heavy atom. The van der Waals surface area contributed by atoms with E-state index in [4.69, 9.17) is 11.6 Å². The lowest BCUT2D eigenvalue weighted by molar-refractivity contribution is -0.872. The third-order valence-electron chi connectivity index (χ3n) is 3.84. The van der Waals surface area contributed by atoms with Gasteiger partial charge in [0.05, 0.1) is 28.9 Å². The van der Waals surface area contributed by atoms with Crippen LogP contribution in [0.3, 0.4) is 0 Å². The van der Waals surface area contributed by atoms with E-state index in [2.05, 4.69) is 4.72 Å². The largest absolute Gasteiger partial charge is 0.336 e. The van der Waals surface area contributed by atoms with Crippen LogP contribution in [-0.2, 0) is 23.1 Å². The van der Waals surface area contributed by atoms with Crippen molar-refractivity contribution in [3.05, 3.63) is 68.2 Å². The minimum Gasteiger partial charge on any atom is -0.336 e. The molecule has 0 aliphatic rings. The average Bonchev–Trinajstić information content (AvgIpc) is 2.55. The summed E-state index contributed by atoms with van der Waals surface area (Å²) in [7, 11) is 0.173. The smallest absolute Gasteiger partial charge is 0.275 e. The number of nitrogens with zero attached hydrogens (tertiary/aromatic N) is 1. The highest BCUT2D eigenvalue weighted by atomic mass is 35.5. The molecule has 0 aliphatic heterocycles. The second kappa shape index (κ2) is 8.13. The number of rotatable bonds is 7. The van der Waals surface area contributed by atoms with Gasteiger partial charge in [0.15, 0.2) is 0 Å². The molecule has 26 heavy (non-hydrogen) atoms. The summed E-state index contributed by atoms with van der Waals surface area (Å²) in [6.07, 6.45) is 0. The zero-order chi connectivity index (χ0) is 19.5. The Morgan fingerprint density at radius 1 is 1.15 bits per heavy atom. The Kier molecular flexibility index (Phi) is 6.35. The first-order chi connectivity index (χ1) is 12.1. The lowest BCUT2D eigenvalue weighted by Gasteiger charge is -2.10. The van der Waals surface area contributed by atoms with Crippen molar-refractivity contribution < 1.29 is 18.2 Å². The summed E-state index contributed by atoms with van der Waals surface area (Å²) in [5, 5.41) is 11.1. The number of sulfonamides is 1. The second-order valence-corrected chi connectivity index (χ2v) is 8.51. The van der Waals surface area contributed by atoms with E-state index in [1.807, 2.05) is 38.4 Å². The van der Waals surface area contributed by atoms with Gasteiger partial charge < -0.3 is 4.90 Å². The molecule has 0 bridgehead atoms. The molecule has 0 radical (unpaired) electrons. The number of halogens is 1. The fourth-order valence-electron chi connectivity index (χ4n) is 2.43. The van der Waals surface area contributed by atoms with E-state index in [1.54, 1.807) is 0 Å². The molecule has 140 valence electrons. The molecule has 7 nitrogen and oxygen atoms in total. The fourth-order valence-corrected chi connectivity index (χ4v) is 3.77. The van der Waals surface area contributed by atoms with Crippen molar-refractivity contribution in [2.24, 2.45) is 0 Å². The summed E-state index contributed by atoms with van der Waals surface area (Å²) in [6, 6.07) is 9.84. The molecular weight excluding hydrogens is 378 g/mol. The summed E-state index contributed by atoms with van der Waals surface area (Å²) < 4.78 is 27.4. The van der Waals surface area contributed by atoms with Crippen LogP contribution in [0.4, 0.5) is 5.69 Å². The van der Waals surface area contributed by atoms with E-state index in [1.165, 1.54) is 17.9 Å². The standard InChI is InChI=1S/C17H20ClN3O4S/c1-12-16(18)8-15(9-17(12)21(22)23)26(24,25)19-10-13-4-6-14(7-5-13)11-20(2)3/h4-9,19H,10-11H2,1-3H3/p+1. The van der Waals surface area contributed by atoms with Crippen molar-refractivity contribution in [2.45, 2.75) is 24.9 Å². The summed E-state index contributed by atoms with van der Waals surface area (Å²) in [6.45, 7) is 2.43. The first kappa shape index (κ1) is 20.3. The van der Waals surface area contributed by atoms with Gasteiger partial charge >= 0.3 is 0 Å². The van der Waals surface area contributed by atoms with Crippen molar-refractivity contribution in [3.8, 4) is 0 Å². The number of nitro benzene ring substituents is 1. The first-order valence-electron chi connectivity index (χ1n) is 7.91. The van der Waals surface area contributed by atoms with Gasteiger partial charge in [-0.15, -0.1) is 0 Å². The van der Waals surface area contributed by atoms with E-state index < -0.39 is 14.9 Å². The van der Waals surface area contributed by atoms with Crippen LogP contribution in [0.15, 0.2) is 41.3 Å². The number of nitrogens with one attached hydrogen (secondary N) is 2. The summed E-state index contributed by atoms with van der Waals surface area (Å²) in [5.41, 5.74) is 1.85. The molecule has 0 amide bonds. The number of benzene rings is 2. The van der Waals surface area contributed by atoms with E-state index in [9.17, 15) is 18.5 Å². The highest BCUT2D eigenvalue weighted by Gasteiger charge is 2.22. The van der Waals surface area contributed by atoms with Gasteiger partial charge in [0, 0.05) is 23.7 Å². The van der Waals surface area contributed by atoms with E-state index >= 15 is 0 Å². The monoisotopic (exact) mass is 398 g/mol. The number of quaternary nitrogens is 1. The van der Waals surface area contributed by atoms with Crippen molar-refractivity contribution in [3.63, 3.8) is 0 Å². The molecule has 0 aliphatic carbocycles. The van der Waals surface area contributed by atoms with Crippen molar-refractivity contribution >= 4 is 27.3 Å². The van der Waals surface area contributed by atoms with Gasteiger partial charge in [-0.3, -0.25) is 10.1 Å². The first-order valence-corrected chi connectivity index (χ1v) is 9.77. The van der Waals surface area contributed by atoms with E-state index in [-0.39, 0.29) is 27.7 Å². The summed E-state index contributed by atoms with van der Waals surface area (Å²) >= 11 is 5.95. The molecule has 0 unspecified atom stereocenters. The van der Waals surface area contributed by atoms with E-state index in [0.717, 1.165) is 23.7 Å². The van der Waals surface area contributed by atoms with Crippen LogP contribution in [0.1, 0.15) is 16.7 Å². The maximum Gasteiger partial charge on any atom is 0.275 e. The molecule has 2 rings (SSSR count). The normalized spacial score (nSPS) is 11.7. The van der Waals surface area contributed by atoms with Crippen molar-refractivity contribution in [1.82, 2.24) is 4.72 Å². The predicted octanol–water partition coefficient (Wildman–Crippen LogP) is 1.68. The van der Waals surface area contributed by atoms with Crippen LogP contribution in [0.2, 0.25) is 5.02 Å². The van der Waals surface area contributed by atoms with Crippen LogP contribution in [0, 0.1) is 17.0 Å². The second-order valence-electron chi connectivity index (χ2n) is 6.33. The van der Waals surface area contributed by atoms with Gasteiger partial charge in [0.2, 0.25) is 10.0 Å². The van der Waals surface area contributed by atoms with Crippen LogP contribution in [0.25, 0.3) is 0 Å². The van der Waals surface area contributed by atoms with Crippen molar-refractivity contribution in [1.29, 1.82) is 0 Å². The Bertz CT molecular complexity index is 912. The topological polar surface area (TPSA) is 93.8 Å². The SMILES string of the molecule is Cc1c(Cl)cc(S(=O)(=O)NCc2ccc(C[NH+](C)C)cc2)cc1[N+](=O)[O-]. The molecular formula is C17H21ClN3O4S+. The predicted molar refractivity (Wildman–Crippen MR) is 99.8 cm³/mol. The highest BCUT2D eigenvalue weighted by molar-refractivity contribution is 7.89. The number of hydrogen-bond acceptors (Lipinski definition) is 4. The van der Waals surface area contributed by atoms with Gasteiger partial charge in [-0.1, -0.05) is 35.9 Å². The Labute approximate surface area is 157 Å². The third kappa shape index (κ3) is 5.01. The molecule has 0 fully saturated rings. The molecule has 0 saturated heterocycles. The lowest BCUT2D eigenvalue weighted by atomic mass is 10.1. The van der Waals surface area contributed by atoms with E-state index in [0.29, 0.717) is 0 Å². The molecule has 9 heteroatoms. The van der Waals surface area contributed by atoms with Crippen molar-refractivity contribution in [2.75, 3.05) is 14.1 Å². The Morgan fingerprint density at radius 2 is 1.73 bits per heavy atom. The molecule has 2 aromatic rings. The zero-order valence-corrected chi connectivity index (χ0v) is 16.3. The quantitative estimate of drug-likeness (QED) is 0.548. The van der Waals surface area contributed by atoms with Gasteiger partial charge in [0.25, 0.3) is 5.69 Å². The van der Waals surface area contributed by atoms with Gasteiger partial charge in [-0.05, 0) is 18.6 Å². The molecule has 2 aromatic carbocycles. The zero-order valence-electron chi connectivity index (χ0n) is 14.7. The van der Waals surface area contributed by atoms with Gasteiger partial charge in [-0.25, -0.2) is 13.1 Å². The molecule has 0 spiro atoms. The summed E-state index contributed by atoms with van der Waals surface area (Å²) in [5.74, 6) is 0. The minimum absolute atomic E-state index is 0.0371. The fraction of sp³-hybridized carbons (Fsp3) is 0.294. The molecule has 0 atom stereocenters. The maximum atomic E-state index is 12.5. The lowest BCUT2D eigenvalue weighted by Crippen LogP contribution is -3.04. The van der Waals surface area contributed by atoms with Crippen LogP contribution in [-0.4, -0.2) is 27.4 Å². The maximum absolute atomic E-state index is 12.5. The Hall–Kier alpha value is -2.00. The van der Waals surface area contributed by atoms with Crippen LogP contribution in [0.5, 0.6) is 0 Å². The molecule has 2 N–H and O–H groups in total. The highest BCUT2D eigenvalue weighted by Crippen LogP contribution is 2.29. The molecule has 0 aromatic heterocycles. The minimum atomic E-state index is -3.93.